The van der Waals surface area contributed by atoms with E-state index >= 15 is 0 Å². The van der Waals surface area contributed by atoms with Gasteiger partial charge in [-0.2, -0.15) is 0 Å². The van der Waals surface area contributed by atoms with Crippen molar-refractivity contribution in [2.24, 2.45) is 11.5 Å². The number of H-pyrrole nitrogens is 1. The van der Waals surface area contributed by atoms with Gasteiger partial charge >= 0.3 is 0 Å². The molecule has 0 radical (unpaired) electrons. The number of nitrogens with two attached hydrogens (primary N) is 2. The Bertz CT molecular complexity index is 630. The van der Waals surface area contributed by atoms with Crippen LogP contribution < -0.4 is 16.8 Å². The monoisotopic (exact) mass is 273 g/mol. The molecule has 0 bridgehead atoms. The Morgan fingerprint density at radius 2 is 1.80 bits per heavy atom. The number of anilines is 1. The van der Waals surface area contributed by atoms with Crippen LogP contribution in [0.1, 0.15) is 32.2 Å². The smallest absolute Gasteiger partial charge is 0.248 e. The Kier molecular flexibility index (Phi) is 3.69. The number of aromatic amines is 1. The van der Waals surface area contributed by atoms with Crippen LogP contribution in [0.15, 0.2) is 24.4 Å². The molecule has 1 aromatic carbocycles. The molecule has 6 N–H and O–H groups in total. The zero-order valence-electron chi connectivity index (χ0n) is 10.9. The summed E-state index contributed by atoms with van der Waals surface area (Å²) in [5, 5.41) is 3.08. The SMILES string of the molecule is Cc1ncc(CNc2cc(C(N)=O)cc(C(N)=O)c2)[nH]1. The van der Waals surface area contributed by atoms with Crippen LogP contribution in [0.25, 0.3) is 0 Å². The van der Waals surface area contributed by atoms with Gasteiger partial charge in [0.2, 0.25) is 11.8 Å². The minimum atomic E-state index is -0.617. The van der Waals surface area contributed by atoms with Crippen molar-refractivity contribution < 1.29 is 9.59 Å². The molecule has 0 aliphatic carbocycles. The summed E-state index contributed by atoms with van der Waals surface area (Å²) in [6.07, 6.45) is 1.70. The number of aryl methyl sites for hydroxylation is 1. The Balaban J connectivity index is 2.21. The van der Waals surface area contributed by atoms with Crippen LogP contribution in [-0.2, 0) is 6.54 Å². The van der Waals surface area contributed by atoms with Crippen molar-refractivity contribution in [1.82, 2.24) is 9.97 Å². The minimum absolute atomic E-state index is 0.226. The van der Waals surface area contributed by atoms with Crippen molar-refractivity contribution in [2.45, 2.75) is 13.5 Å². The number of rotatable bonds is 5. The fraction of sp³-hybridized carbons (Fsp3) is 0.154. The molecule has 2 rings (SSSR count). The number of hydrogen-bond donors (Lipinski definition) is 4. The van der Waals surface area contributed by atoms with E-state index in [0.717, 1.165) is 11.5 Å². The maximum absolute atomic E-state index is 11.2. The van der Waals surface area contributed by atoms with E-state index in [-0.39, 0.29) is 11.1 Å². The lowest BCUT2D eigenvalue weighted by Crippen LogP contribution is -2.16. The van der Waals surface area contributed by atoms with Crippen LogP contribution in [0.2, 0.25) is 0 Å². The van der Waals surface area contributed by atoms with E-state index in [1.165, 1.54) is 6.07 Å². The number of nitrogens with zero attached hydrogens (tertiary/aromatic N) is 1. The van der Waals surface area contributed by atoms with E-state index in [9.17, 15) is 9.59 Å². The molecule has 0 saturated heterocycles. The molecule has 20 heavy (non-hydrogen) atoms. The van der Waals surface area contributed by atoms with Crippen LogP contribution in [0.4, 0.5) is 5.69 Å². The number of benzene rings is 1. The number of hydrogen-bond acceptors (Lipinski definition) is 4. The Hall–Kier alpha value is -2.83. The number of amides is 2. The highest BCUT2D eigenvalue weighted by molar-refractivity contribution is 5.99. The molecule has 2 amide bonds. The fourth-order valence-corrected chi connectivity index (χ4v) is 1.77. The lowest BCUT2D eigenvalue weighted by molar-refractivity contribution is 0.0999. The van der Waals surface area contributed by atoms with Crippen molar-refractivity contribution in [3.05, 3.63) is 47.0 Å². The van der Waals surface area contributed by atoms with E-state index in [1.807, 2.05) is 6.92 Å². The molecule has 0 atom stereocenters. The van der Waals surface area contributed by atoms with Gasteiger partial charge in [0.15, 0.2) is 0 Å². The lowest BCUT2D eigenvalue weighted by Gasteiger charge is -2.08. The summed E-state index contributed by atoms with van der Waals surface area (Å²) < 4.78 is 0. The third-order valence-electron chi connectivity index (χ3n) is 2.74. The quantitative estimate of drug-likeness (QED) is 0.633. The molecule has 0 saturated carbocycles. The Labute approximate surface area is 115 Å². The van der Waals surface area contributed by atoms with Gasteiger partial charge in [0.05, 0.1) is 18.4 Å². The first-order valence-electron chi connectivity index (χ1n) is 5.95. The normalized spacial score (nSPS) is 10.2. The molecular weight excluding hydrogens is 258 g/mol. The summed E-state index contributed by atoms with van der Waals surface area (Å²) in [6, 6.07) is 4.51. The summed E-state index contributed by atoms with van der Waals surface area (Å²) in [6.45, 7) is 2.32. The van der Waals surface area contributed by atoms with Crippen molar-refractivity contribution >= 4 is 17.5 Å². The first-order chi connectivity index (χ1) is 9.45. The van der Waals surface area contributed by atoms with Crippen LogP contribution in [0.3, 0.4) is 0 Å². The number of imidazole rings is 1. The summed E-state index contributed by atoms with van der Waals surface area (Å²) in [5.74, 6) is -0.424. The molecule has 7 nitrogen and oxygen atoms in total. The molecule has 0 fully saturated rings. The van der Waals surface area contributed by atoms with E-state index in [1.54, 1.807) is 18.3 Å². The van der Waals surface area contributed by atoms with Crippen molar-refractivity contribution in [3.63, 3.8) is 0 Å². The van der Waals surface area contributed by atoms with Gasteiger partial charge in [-0.05, 0) is 25.1 Å². The van der Waals surface area contributed by atoms with Gasteiger partial charge < -0.3 is 21.8 Å². The summed E-state index contributed by atoms with van der Waals surface area (Å²) in [4.78, 5) is 29.6. The first kappa shape index (κ1) is 13.6. The van der Waals surface area contributed by atoms with Crippen LogP contribution in [0.5, 0.6) is 0 Å². The molecule has 1 aromatic heterocycles. The largest absolute Gasteiger partial charge is 0.379 e. The molecule has 0 aliphatic rings. The van der Waals surface area contributed by atoms with Crippen molar-refractivity contribution in [3.8, 4) is 0 Å². The first-order valence-corrected chi connectivity index (χ1v) is 5.95. The topological polar surface area (TPSA) is 127 Å². The zero-order valence-corrected chi connectivity index (χ0v) is 10.9. The Morgan fingerprint density at radius 1 is 1.20 bits per heavy atom. The molecule has 7 heteroatoms. The van der Waals surface area contributed by atoms with Gasteiger partial charge in [-0.1, -0.05) is 0 Å². The minimum Gasteiger partial charge on any atom is -0.379 e. The number of nitrogens with one attached hydrogen (secondary N) is 2. The van der Waals surface area contributed by atoms with Gasteiger partial charge in [0.1, 0.15) is 5.82 Å². The van der Waals surface area contributed by atoms with Crippen LogP contribution >= 0.6 is 0 Å². The Morgan fingerprint density at radius 3 is 2.25 bits per heavy atom. The van der Waals surface area contributed by atoms with Gasteiger partial charge in [0, 0.05) is 16.8 Å². The van der Waals surface area contributed by atoms with E-state index in [0.29, 0.717) is 12.2 Å². The van der Waals surface area contributed by atoms with Crippen molar-refractivity contribution in [1.29, 1.82) is 0 Å². The predicted octanol–water partition coefficient (Wildman–Crippen LogP) is 0.528. The maximum Gasteiger partial charge on any atom is 0.248 e. The zero-order chi connectivity index (χ0) is 14.7. The third kappa shape index (κ3) is 3.14. The van der Waals surface area contributed by atoms with Gasteiger partial charge in [-0.25, -0.2) is 4.98 Å². The van der Waals surface area contributed by atoms with Gasteiger partial charge in [-0.15, -0.1) is 0 Å². The fourth-order valence-electron chi connectivity index (χ4n) is 1.77. The highest BCUT2D eigenvalue weighted by Crippen LogP contribution is 2.15. The van der Waals surface area contributed by atoms with Gasteiger partial charge in [-0.3, -0.25) is 9.59 Å². The molecule has 0 spiro atoms. The predicted molar refractivity (Wildman–Crippen MR) is 74.1 cm³/mol. The summed E-state index contributed by atoms with van der Waals surface area (Å²) in [7, 11) is 0. The number of aromatic nitrogens is 2. The van der Waals surface area contributed by atoms with Crippen LogP contribution in [0, 0.1) is 6.92 Å². The van der Waals surface area contributed by atoms with E-state index < -0.39 is 11.8 Å². The number of primary amides is 2. The van der Waals surface area contributed by atoms with Gasteiger partial charge in [0.25, 0.3) is 0 Å². The molecular formula is C13H15N5O2. The number of carbonyl (C=O) groups is 2. The average molecular weight is 273 g/mol. The third-order valence-corrected chi connectivity index (χ3v) is 2.74. The van der Waals surface area contributed by atoms with Crippen molar-refractivity contribution in [2.75, 3.05) is 5.32 Å². The van der Waals surface area contributed by atoms with E-state index in [4.69, 9.17) is 11.5 Å². The van der Waals surface area contributed by atoms with E-state index in [2.05, 4.69) is 15.3 Å². The highest BCUT2D eigenvalue weighted by Gasteiger charge is 2.09. The molecule has 0 unspecified atom stereocenters. The second-order valence-electron chi connectivity index (χ2n) is 4.37. The summed E-state index contributed by atoms with van der Waals surface area (Å²) in [5.41, 5.74) is 12.4. The van der Waals surface area contributed by atoms with Crippen LogP contribution in [-0.4, -0.2) is 21.8 Å². The molecule has 2 aromatic rings. The molecule has 0 aliphatic heterocycles. The standard InChI is InChI=1S/C13H15N5O2/c1-7-16-5-11(18-7)6-17-10-3-8(12(14)19)2-9(4-10)13(15)20/h2-5,17H,6H2,1H3,(H2,14,19)(H2,15,20)(H,16,18). The second-order valence-corrected chi connectivity index (χ2v) is 4.37. The summed E-state index contributed by atoms with van der Waals surface area (Å²) >= 11 is 0. The highest BCUT2D eigenvalue weighted by atomic mass is 16.1. The number of carbonyl (C=O) groups excluding carboxylic acids is 2. The lowest BCUT2D eigenvalue weighted by atomic mass is 10.1. The average Bonchev–Trinajstić information content (AvgIpc) is 2.81. The second kappa shape index (κ2) is 5.43. The maximum atomic E-state index is 11.2. The molecule has 1 heterocycles. The molecule has 104 valence electrons.